The van der Waals surface area contributed by atoms with Crippen LogP contribution in [0.1, 0.15) is 39.5 Å². The largest absolute Gasteiger partial charge is 0.481 e. The van der Waals surface area contributed by atoms with E-state index in [4.69, 9.17) is 10.2 Å². The van der Waals surface area contributed by atoms with E-state index in [1.54, 1.807) is 6.92 Å². The standard InChI is InChI=1S/C11H21NO4/c1-3-5-8(6-10(13)14)7-12-9(4-2)11(15)16/h8-9,12H,3-7H2,1-2H3,(H,13,14)(H,15,16)/t8-,9?/m1/s1. The molecule has 0 rings (SSSR count). The Hall–Kier alpha value is -1.10. The molecule has 0 fully saturated rings. The van der Waals surface area contributed by atoms with E-state index in [-0.39, 0.29) is 12.3 Å². The fourth-order valence-electron chi connectivity index (χ4n) is 1.65. The third kappa shape index (κ3) is 6.40. The van der Waals surface area contributed by atoms with Gasteiger partial charge >= 0.3 is 11.9 Å². The van der Waals surface area contributed by atoms with Crippen LogP contribution >= 0.6 is 0 Å². The van der Waals surface area contributed by atoms with Gasteiger partial charge in [0, 0.05) is 6.42 Å². The second-order valence-corrected chi connectivity index (χ2v) is 3.96. The summed E-state index contributed by atoms with van der Waals surface area (Å²) in [5.41, 5.74) is 0. The van der Waals surface area contributed by atoms with Crippen molar-refractivity contribution in [3.05, 3.63) is 0 Å². The Kier molecular flexibility index (Phi) is 7.54. The highest BCUT2D eigenvalue weighted by molar-refractivity contribution is 5.73. The van der Waals surface area contributed by atoms with Gasteiger partial charge in [0.15, 0.2) is 0 Å². The molecule has 0 aliphatic carbocycles. The Bertz CT molecular complexity index is 230. The van der Waals surface area contributed by atoms with E-state index in [9.17, 15) is 9.59 Å². The molecular weight excluding hydrogens is 210 g/mol. The number of hydrogen-bond donors (Lipinski definition) is 3. The highest BCUT2D eigenvalue weighted by Crippen LogP contribution is 2.10. The van der Waals surface area contributed by atoms with Crippen molar-refractivity contribution >= 4 is 11.9 Å². The average Bonchev–Trinajstić information content (AvgIpc) is 2.17. The number of carbonyl (C=O) groups is 2. The van der Waals surface area contributed by atoms with Crippen molar-refractivity contribution in [1.82, 2.24) is 5.32 Å². The minimum absolute atomic E-state index is 0.0101. The molecule has 94 valence electrons. The lowest BCUT2D eigenvalue weighted by atomic mass is 9.99. The van der Waals surface area contributed by atoms with Crippen LogP contribution in [0.5, 0.6) is 0 Å². The Morgan fingerprint density at radius 2 is 1.88 bits per heavy atom. The van der Waals surface area contributed by atoms with E-state index in [1.807, 2.05) is 6.92 Å². The molecule has 3 N–H and O–H groups in total. The molecule has 0 saturated carbocycles. The molecule has 5 heteroatoms. The molecular formula is C11H21NO4. The van der Waals surface area contributed by atoms with Crippen molar-refractivity contribution in [2.24, 2.45) is 5.92 Å². The van der Waals surface area contributed by atoms with Crippen molar-refractivity contribution in [2.75, 3.05) is 6.54 Å². The first-order valence-corrected chi connectivity index (χ1v) is 5.69. The van der Waals surface area contributed by atoms with Crippen LogP contribution in [0.25, 0.3) is 0 Å². The molecule has 0 aromatic carbocycles. The molecule has 16 heavy (non-hydrogen) atoms. The Labute approximate surface area is 95.9 Å². The zero-order valence-corrected chi connectivity index (χ0v) is 9.90. The first-order valence-electron chi connectivity index (χ1n) is 5.69. The van der Waals surface area contributed by atoms with E-state index in [0.29, 0.717) is 13.0 Å². The molecule has 0 saturated heterocycles. The van der Waals surface area contributed by atoms with Crippen LogP contribution in [0.2, 0.25) is 0 Å². The molecule has 0 aromatic heterocycles. The summed E-state index contributed by atoms with van der Waals surface area (Å²) in [6.07, 6.45) is 2.30. The van der Waals surface area contributed by atoms with Crippen LogP contribution in [0.15, 0.2) is 0 Å². The van der Waals surface area contributed by atoms with Gasteiger partial charge in [-0.2, -0.15) is 0 Å². The third-order valence-corrected chi connectivity index (χ3v) is 2.52. The minimum Gasteiger partial charge on any atom is -0.481 e. The quantitative estimate of drug-likeness (QED) is 0.557. The van der Waals surface area contributed by atoms with E-state index in [0.717, 1.165) is 12.8 Å². The number of carboxylic acids is 2. The average molecular weight is 231 g/mol. The van der Waals surface area contributed by atoms with Gasteiger partial charge in [-0.15, -0.1) is 0 Å². The van der Waals surface area contributed by atoms with Crippen LogP contribution in [0, 0.1) is 5.92 Å². The maximum atomic E-state index is 10.7. The molecule has 0 spiro atoms. The second kappa shape index (κ2) is 8.10. The molecule has 0 aromatic rings. The van der Waals surface area contributed by atoms with Crippen molar-refractivity contribution in [1.29, 1.82) is 0 Å². The van der Waals surface area contributed by atoms with Crippen molar-refractivity contribution < 1.29 is 19.8 Å². The van der Waals surface area contributed by atoms with E-state index >= 15 is 0 Å². The maximum absolute atomic E-state index is 10.7. The number of hydrogen-bond acceptors (Lipinski definition) is 3. The topological polar surface area (TPSA) is 86.6 Å². The third-order valence-electron chi connectivity index (χ3n) is 2.52. The molecule has 2 atom stereocenters. The molecule has 0 aliphatic heterocycles. The maximum Gasteiger partial charge on any atom is 0.320 e. The highest BCUT2D eigenvalue weighted by Gasteiger charge is 2.18. The van der Waals surface area contributed by atoms with Gasteiger partial charge in [0.2, 0.25) is 0 Å². The van der Waals surface area contributed by atoms with Crippen molar-refractivity contribution in [3.8, 4) is 0 Å². The first kappa shape index (κ1) is 14.9. The van der Waals surface area contributed by atoms with Gasteiger partial charge in [0.1, 0.15) is 6.04 Å². The van der Waals surface area contributed by atoms with Gasteiger partial charge in [-0.25, -0.2) is 0 Å². The second-order valence-electron chi connectivity index (χ2n) is 3.96. The Morgan fingerprint density at radius 3 is 2.25 bits per heavy atom. The van der Waals surface area contributed by atoms with Gasteiger partial charge in [0.25, 0.3) is 0 Å². The number of carboxylic acid groups (broad SMARTS) is 2. The van der Waals surface area contributed by atoms with E-state index in [2.05, 4.69) is 5.32 Å². The Balaban J connectivity index is 4.08. The molecule has 1 unspecified atom stereocenters. The van der Waals surface area contributed by atoms with Gasteiger partial charge in [-0.1, -0.05) is 20.3 Å². The predicted octanol–water partition coefficient (Wildman–Crippen LogP) is 1.33. The Morgan fingerprint density at radius 1 is 1.25 bits per heavy atom. The fraction of sp³-hybridized carbons (Fsp3) is 0.818. The smallest absolute Gasteiger partial charge is 0.320 e. The van der Waals surface area contributed by atoms with Crippen LogP contribution in [-0.2, 0) is 9.59 Å². The molecule has 5 nitrogen and oxygen atoms in total. The van der Waals surface area contributed by atoms with Gasteiger partial charge < -0.3 is 15.5 Å². The van der Waals surface area contributed by atoms with Crippen molar-refractivity contribution in [2.45, 2.75) is 45.6 Å². The van der Waals surface area contributed by atoms with E-state index < -0.39 is 18.0 Å². The normalized spacial score (nSPS) is 14.4. The summed E-state index contributed by atoms with van der Waals surface area (Å²) in [7, 11) is 0. The summed E-state index contributed by atoms with van der Waals surface area (Å²) in [4.78, 5) is 21.3. The molecule has 0 aliphatic rings. The van der Waals surface area contributed by atoms with Gasteiger partial charge in [-0.05, 0) is 25.3 Å². The summed E-state index contributed by atoms with van der Waals surface area (Å²) in [6.45, 7) is 4.23. The van der Waals surface area contributed by atoms with Crippen molar-refractivity contribution in [3.63, 3.8) is 0 Å². The van der Waals surface area contributed by atoms with Crippen LogP contribution in [0.3, 0.4) is 0 Å². The molecule has 0 heterocycles. The minimum atomic E-state index is -0.881. The lowest BCUT2D eigenvalue weighted by Crippen LogP contribution is -2.39. The number of aliphatic carboxylic acids is 2. The van der Waals surface area contributed by atoms with Gasteiger partial charge in [-0.3, -0.25) is 9.59 Å². The lowest BCUT2D eigenvalue weighted by molar-refractivity contribution is -0.139. The monoisotopic (exact) mass is 231 g/mol. The summed E-state index contributed by atoms with van der Waals surface area (Å²) in [5.74, 6) is -1.70. The highest BCUT2D eigenvalue weighted by atomic mass is 16.4. The van der Waals surface area contributed by atoms with Crippen LogP contribution in [-0.4, -0.2) is 34.7 Å². The number of nitrogens with one attached hydrogen (secondary N) is 1. The molecule has 0 radical (unpaired) electrons. The van der Waals surface area contributed by atoms with Gasteiger partial charge in [0.05, 0.1) is 0 Å². The fourth-order valence-corrected chi connectivity index (χ4v) is 1.65. The number of rotatable bonds is 9. The lowest BCUT2D eigenvalue weighted by Gasteiger charge is -2.18. The zero-order valence-electron chi connectivity index (χ0n) is 9.90. The summed E-state index contributed by atoms with van der Waals surface area (Å²) >= 11 is 0. The molecule has 0 bridgehead atoms. The zero-order chi connectivity index (χ0) is 12.6. The first-order chi connectivity index (χ1) is 7.51. The SMILES string of the molecule is CCC[C@@H](CNC(CC)C(=O)O)CC(=O)O. The summed E-state index contributed by atoms with van der Waals surface area (Å²) < 4.78 is 0. The summed E-state index contributed by atoms with van der Waals surface area (Å²) in [6, 6.07) is -0.576. The molecule has 0 amide bonds. The predicted molar refractivity (Wildman–Crippen MR) is 60.4 cm³/mol. The van der Waals surface area contributed by atoms with Crippen LogP contribution < -0.4 is 5.32 Å². The van der Waals surface area contributed by atoms with E-state index in [1.165, 1.54) is 0 Å². The van der Waals surface area contributed by atoms with Crippen LogP contribution in [0.4, 0.5) is 0 Å². The summed E-state index contributed by atoms with van der Waals surface area (Å²) in [5, 5.41) is 20.4.